The van der Waals surface area contributed by atoms with Crippen molar-refractivity contribution in [1.29, 1.82) is 0 Å². The van der Waals surface area contributed by atoms with Gasteiger partial charge in [0.05, 0.1) is 0 Å². The summed E-state index contributed by atoms with van der Waals surface area (Å²) >= 11 is 0. The minimum atomic E-state index is -6.63. The Morgan fingerprint density at radius 3 is 1.17 bits per heavy atom. The zero-order valence-electron chi connectivity index (χ0n) is 11.7. The molecule has 10 N–H and O–H groups in total. The highest BCUT2D eigenvalue weighted by Crippen LogP contribution is 2.87. The number of hydrogen-bond donors (Lipinski definition) is 10. The predicted octanol–water partition coefficient (Wildman–Crippen LogP) is -1.80. The Morgan fingerprint density at radius 2 is 0.958 bits per heavy atom. The van der Waals surface area contributed by atoms with E-state index in [0.717, 1.165) is 0 Å². The first kappa shape index (κ1) is 24.5. The summed E-state index contributed by atoms with van der Waals surface area (Å²) < 4.78 is 46.4. The molecule has 0 aromatic heterocycles. The van der Waals surface area contributed by atoms with Gasteiger partial charge in [0.25, 0.3) is 5.08 Å². The van der Waals surface area contributed by atoms with E-state index in [1.165, 1.54) is 0 Å². The summed E-state index contributed by atoms with van der Waals surface area (Å²) in [5.74, 6) is 0. The lowest BCUT2D eigenvalue weighted by atomic mass is 10.2. The Labute approximate surface area is 134 Å². The Kier molecular flexibility index (Phi) is 7.42. The van der Waals surface area contributed by atoms with Gasteiger partial charge >= 0.3 is 30.4 Å². The summed E-state index contributed by atoms with van der Waals surface area (Å²) in [7, 11) is -26.2. The van der Waals surface area contributed by atoms with Gasteiger partial charge in [-0.05, 0) is 19.3 Å². The van der Waals surface area contributed by atoms with Crippen LogP contribution in [0.25, 0.3) is 0 Å². The number of rotatable bonds is 9. The van der Waals surface area contributed by atoms with E-state index in [0.29, 0.717) is 0 Å². The van der Waals surface area contributed by atoms with E-state index in [1.54, 1.807) is 0 Å². The maximum atomic E-state index is 11.7. The summed E-state index contributed by atoms with van der Waals surface area (Å²) in [5.41, 5.74) is 0. The Hall–Kier alpha value is 0.520. The highest BCUT2D eigenvalue weighted by molar-refractivity contribution is 7.80. The third-order valence-corrected chi connectivity index (χ3v) is 12.5. The molecule has 0 aliphatic heterocycles. The van der Waals surface area contributed by atoms with Crippen molar-refractivity contribution in [2.24, 2.45) is 0 Å². The zero-order valence-corrected chi connectivity index (χ0v) is 15.3. The van der Waals surface area contributed by atoms with Crippen molar-refractivity contribution in [3.63, 3.8) is 0 Å². The van der Waals surface area contributed by atoms with Crippen LogP contribution in [0.2, 0.25) is 0 Å². The molecule has 14 nitrogen and oxygen atoms in total. The lowest BCUT2D eigenvalue weighted by Crippen LogP contribution is -2.53. The van der Waals surface area contributed by atoms with Gasteiger partial charge in [-0.25, -0.2) is 0 Å². The molecular formula is C6H18O14P4. The van der Waals surface area contributed by atoms with Gasteiger partial charge < -0.3 is 49.4 Å². The second-order valence-corrected chi connectivity index (χ2v) is 12.7. The fourth-order valence-corrected chi connectivity index (χ4v) is 10.8. The van der Waals surface area contributed by atoms with Crippen LogP contribution in [0.15, 0.2) is 0 Å². The molecular weight excluding hydrogens is 420 g/mol. The van der Waals surface area contributed by atoms with E-state index in [4.69, 9.17) is 24.7 Å². The van der Waals surface area contributed by atoms with Gasteiger partial charge in [-0.3, -0.25) is 18.3 Å². The van der Waals surface area contributed by atoms with E-state index in [2.05, 4.69) is 0 Å². The number of unbranched alkanes of at least 4 members (excludes halogenated alkanes) is 1. The van der Waals surface area contributed by atoms with Crippen molar-refractivity contribution in [2.45, 2.75) is 29.2 Å². The monoisotopic (exact) mass is 438 g/mol. The molecule has 0 saturated carbocycles. The molecule has 0 atom stereocenters. The average molecular weight is 438 g/mol. The first-order chi connectivity index (χ1) is 10.3. The van der Waals surface area contributed by atoms with Crippen molar-refractivity contribution in [1.82, 2.24) is 0 Å². The number of aliphatic hydroxyl groups excluding tert-OH is 1. The fraction of sp³-hybridized carbons (Fsp3) is 1.00. The van der Waals surface area contributed by atoms with Crippen molar-refractivity contribution >= 4 is 30.4 Å². The molecule has 0 amide bonds. The van der Waals surface area contributed by atoms with Crippen LogP contribution >= 0.6 is 30.4 Å². The van der Waals surface area contributed by atoms with Crippen LogP contribution in [0.1, 0.15) is 19.3 Å². The molecule has 0 bridgehead atoms. The van der Waals surface area contributed by atoms with Gasteiger partial charge in [0.1, 0.15) is 0 Å². The summed E-state index contributed by atoms with van der Waals surface area (Å²) in [6.45, 7) is -0.678. The molecule has 24 heavy (non-hydrogen) atoms. The lowest BCUT2D eigenvalue weighted by molar-refractivity contribution is 0.0897. The van der Waals surface area contributed by atoms with Gasteiger partial charge in [-0.15, -0.1) is 0 Å². The minimum Gasteiger partial charge on any atom is -0.396 e. The molecule has 0 aliphatic rings. The molecule has 0 radical (unpaired) electrons. The van der Waals surface area contributed by atoms with Crippen molar-refractivity contribution < 1.29 is 67.6 Å². The van der Waals surface area contributed by atoms with Crippen molar-refractivity contribution in [2.75, 3.05) is 6.61 Å². The van der Waals surface area contributed by atoms with Crippen LogP contribution in [0.4, 0.5) is 0 Å². The van der Waals surface area contributed by atoms with Crippen LogP contribution in [0.3, 0.4) is 0 Å². The Bertz CT molecular complexity index is 588. The molecule has 18 heteroatoms. The molecule has 0 spiro atoms. The molecule has 0 rings (SSSR count). The molecule has 0 heterocycles. The van der Waals surface area contributed by atoms with Gasteiger partial charge in [-0.1, -0.05) is 0 Å². The quantitative estimate of drug-likeness (QED) is 0.141. The number of hydrogen-bond acceptors (Lipinski definition) is 6. The molecule has 0 saturated heterocycles. The van der Waals surface area contributed by atoms with Gasteiger partial charge in [0, 0.05) is 6.61 Å². The van der Waals surface area contributed by atoms with Crippen LogP contribution < -0.4 is 0 Å². The Balaban J connectivity index is 7.13. The van der Waals surface area contributed by atoms with E-state index in [-0.39, 0.29) is 0 Å². The first-order valence-electron chi connectivity index (χ1n) is 5.87. The molecule has 0 unspecified atom stereocenters. The second-order valence-electron chi connectivity index (χ2n) is 4.81. The second kappa shape index (κ2) is 7.26. The maximum Gasteiger partial charge on any atom is 0.371 e. The SMILES string of the molecule is O=P(O)(O)C(O)(C(CCCCO)(P(=O)(O)O)P(=O)(O)O)P(=O)(O)O. The van der Waals surface area contributed by atoms with Crippen LogP contribution in [0.5, 0.6) is 0 Å². The predicted molar refractivity (Wildman–Crippen MR) is 76.8 cm³/mol. The number of aliphatic hydroxyl groups is 2. The Morgan fingerprint density at radius 1 is 0.625 bits per heavy atom. The van der Waals surface area contributed by atoms with E-state index in [9.17, 15) is 42.9 Å². The van der Waals surface area contributed by atoms with Crippen LogP contribution in [0, 0.1) is 0 Å². The highest BCUT2D eigenvalue weighted by Gasteiger charge is 2.83. The van der Waals surface area contributed by atoms with Crippen molar-refractivity contribution in [3.05, 3.63) is 0 Å². The smallest absolute Gasteiger partial charge is 0.371 e. The topological polar surface area (TPSA) is 271 Å². The van der Waals surface area contributed by atoms with E-state index in [1.807, 2.05) is 0 Å². The fourth-order valence-electron chi connectivity index (χ4n) is 2.14. The van der Waals surface area contributed by atoms with Crippen molar-refractivity contribution in [3.8, 4) is 0 Å². The van der Waals surface area contributed by atoms with Gasteiger partial charge in [-0.2, -0.15) is 0 Å². The molecule has 0 aromatic rings. The minimum absolute atomic E-state index is 0.403. The highest BCUT2D eigenvalue weighted by atomic mass is 31.3. The third kappa shape index (κ3) is 3.93. The summed E-state index contributed by atoms with van der Waals surface area (Å²) in [6.07, 6.45) is -2.75. The first-order valence-corrected chi connectivity index (χ1v) is 12.3. The zero-order chi connectivity index (χ0) is 19.8. The summed E-state index contributed by atoms with van der Waals surface area (Å²) in [6, 6.07) is 0. The average Bonchev–Trinajstić information content (AvgIpc) is 2.27. The maximum absolute atomic E-state index is 11.7. The van der Waals surface area contributed by atoms with Crippen LogP contribution in [-0.4, -0.2) is 65.9 Å². The lowest BCUT2D eigenvalue weighted by Gasteiger charge is -2.45. The molecule has 0 fully saturated rings. The van der Waals surface area contributed by atoms with Gasteiger partial charge in [0.15, 0.2) is 0 Å². The molecule has 146 valence electrons. The third-order valence-electron chi connectivity index (χ3n) is 3.25. The van der Waals surface area contributed by atoms with E-state index < -0.39 is 66.2 Å². The largest absolute Gasteiger partial charge is 0.396 e. The standard InChI is InChI=1S/C6H18O14P4/c7-4-2-1-3-5(21(9,10)11,22(12,13)14)6(8,23(15,16)17)24(18,19)20/h7-8H,1-4H2,(H2,9,10,11)(H2,12,13,14)(H2,15,16,17)(H2,18,19,20). The normalized spacial score (nSPS) is 15.6. The van der Waals surface area contributed by atoms with Crippen LogP contribution in [-0.2, 0) is 18.3 Å². The summed E-state index contributed by atoms with van der Waals surface area (Å²) in [5, 5.41) is 13.6. The molecule has 0 aromatic carbocycles. The molecule has 0 aliphatic carbocycles. The van der Waals surface area contributed by atoms with Gasteiger partial charge in [0.2, 0.25) is 4.90 Å². The summed E-state index contributed by atoms with van der Waals surface area (Å²) in [4.78, 5) is 69.3. The van der Waals surface area contributed by atoms with E-state index >= 15 is 0 Å².